The zero-order valence-electron chi connectivity index (χ0n) is 20.8. The van der Waals surface area contributed by atoms with Crippen LogP contribution in [0.15, 0.2) is 47.4 Å². The number of Topliss-reactive ketones (excluding diaryl/α,β-unsaturated/α-hetero) is 1. The molecule has 2 aromatic carbocycles. The summed E-state index contributed by atoms with van der Waals surface area (Å²) in [5, 5.41) is 49.7. The van der Waals surface area contributed by atoms with Crippen LogP contribution in [0.3, 0.4) is 0 Å². The van der Waals surface area contributed by atoms with Crippen LogP contribution < -0.4 is 0 Å². The first-order valence-electron chi connectivity index (χ1n) is 10.9. The van der Waals surface area contributed by atoms with Crippen LogP contribution in [0.25, 0.3) is 0 Å². The van der Waals surface area contributed by atoms with Crippen LogP contribution >= 0.6 is 0 Å². The van der Waals surface area contributed by atoms with Gasteiger partial charge in [0.05, 0.1) is 18.0 Å². The van der Waals surface area contributed by atoms with Gasteiger partial charge in [0.25, 0.3) is 10.1 Å². The zero-order chi connectivity index (χ0) is 28.8. The van der Waals surface area contributed by atoms with Crippen LogP contribution in [0.1, 0.15) is 30.1 Å². The second-order valence-corrected chi connectivity index (χ2v) is 9.69. The van der Waals surface area contributed by atoms with Gasteiger partial charge in [0, 0.05) is 24.2 Å². The van der Waals surface area contributed by atoms with Crippen LogP contribution in [-0.4, -0.2) is 104 Å². The molecule has 2 aromatic rings. The molecule has 0 bridgehead atoms. The molecule has 1 unspecified atom stereocenters. The molecule has 0 heterocycles. The monoisotopic (exact) mass is 627 g/mol. The normalized spacial score (nSPS) is 12.6. The Balaban J connectivity index is 0.00000760. The topological polar surface area (TPSA) is 262 Å². The molecule has 0 aromatic heterocycles. The molecule has 0 aliphatic carbocycles. The Kier molecular flexibility index (Phi) is 13.9. The van der Waals surface area contributed by atoms with Gasteiger partial charge in [0.15, 0.2) is 0 Å². The van der Waals surface area contributed by atoms with Crippen molar-refractivity contribution >= 4 is 33.8 Å². The molecular weight excluding hydrogens is 599 g/mol. The molecule has 0 saturated carbocycles. The van der Waals surface area contributed by atoms with Crippen molar-refractivity contribution in [1.29, 1.82) is 0 Å². The number of carboxylic acids is 3. The molecule has 15 nitrogen and oxygen atoms in total. The summed E-state index contributed by atoms with van der Waals surface area (Å²) >= 11 is 0. The van der Waals surface area contributed by atoms with Gasteiger partial charge in [-0.1, -0.05) is 18.2 Å². The number of aromatic hydroxyl groups is 2. The number of phenols is 2. The summed E-state index contributed by atoms with van der Waals surface area (Å²) in [7, 11) is -4.82. The number of benzene rings is 2. The molecule has 0 fully saturated rings. The van der Waals surface area contributed by atoms with Gasteiger partial charge in [0.1, 0.15) is 29.4 Å². The molecule has 0 amide bonds. The molecular formula is C23H28MnN2O13S+2. The first kappa shape index (κ1) is 36.4. The molecule has 8 N–H and O–H groups in total. The van der Waals surface area contributed by atoms with Crippen molar-refractivity contribution in [1.82, 2.24) is 9.80 Å². The van der Waals surface area contributed by atoms with Gasteiger partial charge in [-0.25, -0.2) is 0 Å². The third-order valence-electron chi connectivity index (χ3n) is 5.46. The Morgan fingerprint density at radius 2 is 1.27 bits per heavy atom. The summed E-state index contributed by atoms with van der Waals surface area (Å²) in [5.74, 6) is -6.22. The van der Waals surface area contributed by atoms with E-state index in [1.165, 1.54) is 31.2 Å². The van der Waals surface area contributed by atoms with E-state index in [0.717, 1.165) is 21.9 Å². The fourth-order valence-electron chi connectivity index (χ4n) is 3.92. The van der Waals surface area contributed by atoms with Crippen molar-refractivity contribution in [2.24, 2.45) is 0 Å². The Morgan fingerprint density at radius 1 is 0.800 bits per heavy atom. The molecule has 0 aliphatic rings. The van der Waals surface area contributed by atoms with Gasteiger partial charge in [-0.15, -0.1) is 0 Å². The van der Waals surface area contributed by atoms with Crippen LogP contribution in [-0.2, 0) is 46.4 Å². The quantitative estimate of drug-likeness (QED) is 0.117. The third-order valence-corrected chi connectivity index (χ3v) is 6.31. The maximum absolute atomic E-state index is 12.2. The van der Waals surface area contributed by atoms with Gasteiger partial charge in [-0.05, 0) is 31.2 Å². The average Bonchev–Trinajstić information content (AvgIpc) is 2.78. The summed E-state index contributed by atoms with van der Waals surface area (Å²) in [4.78, 5) is 49.1. The summed E-state index contributed by atoms with van der Waals surface area (Å²) in [6, 6.07) is 4.22. The molecule has 17 heteroatoms. The van der Waals surface area contributed by atoms with E-state index in [4.69, 9.17) is 0 Å². The number of carbonyl (C=O) groups excluding carboxylic acids is 1. The maximum atomic E-state index is 12.2. The second-order valence-electron chi connectivity index (χ2n) is 8.27. The van der Waals surface area contributed by atoms with Crippen molar-refractivity contribution in [3.05, 3.63) is 53.6 Å². The number of rotatable bonds is 14. The molecule has 219 valence electrons. The van der Waals surface area contributed by atoms with Gasteiger partial charge in [-0.2, -0.15) is 8.42 Å². The van der Waals surface area contributed by atoms with Crippen molar-refractivity contribution in [3.63, 3.8) is 0 Å². The van der Waals surface area contributed by atoms with Gasteiger partial charge < -0.3 is 31.0 Å². The maximum Gasteiger partial charge on any atom is 2.00 e. The number of carbonyl (C=O) groups is 4. The van der Waals surface area contributed by atoms with Crippen LogP contribution in [0, 0.1) is 0 Å². The number of nitrogens with zero attached hydrogens (tertiary/aromatic N) is 2. The summed E-state index contributed by atoms with van der Waals surface area (Å²) in [5.41, 5.74) is -0.623. The van der Waals surface area contributed by atoms with Crippen molar-refractivity contribution in [2.75, 3.05) is 26.2 Å². The van der Waals surface area contributed by atoms with Gasteiger partial charge >= 0.3 is 35.0 Å². The predicted molar refractivity (Wildman–Crippen MR) is 132 cm³/mol. The van der Waals surface area contributed by atoms with Crippen molar-refractivity contribution in [3.8, 4) is 11.5 Å². The smallest absolute Gasteiger partial charge is 0.508 e. The number of ketones is 1. The number of hydrogen-bond donors (Lipinski definition) is 6. The number of aliphatic carboxylic acids is 3. The summed E-state index contributed by atoms with van der Waals surface area (Å²) in [6.45, 7) is -1.14. The minimum Gasteiger partial charge on any atom is -0.508 e. The Hall–Kier alpha value is -3.57. The van der Waals surface area contributed by atoms with E-state index in [2.05, 4.69) is 0 Å². The van der Waals surface area contributed by atoms with Crippen molar-refractivity contribution in [2.45, 2.75) is 23.9 Å². The molecule has 1 radical (unpaired) electrons. The number of phenolic OH excluding ortho intramolecular Hbond substituents is 2. The van der Waals surface area contributed by atoms with E-state index < -0.39 is 88.3 Å². The molecule has 2 atom stereocenters. The summed E-state index contributed by atoms with van der Waals surface area (Å²) < 4.78 is 32.5. The third kappa shape index (κ3) is 9.56. The van der Waals surface area contributed by atoms with Crippen LogP contribution in [0.5, 0.6) is 11.5 Å². The molecule has 0 spiro atoms. The zero-order valence-corrected chi connectivity index (χ0v) is 22.8. The largest absolute Gasteiger partial charge is 2.00 e. The van der Waals surface area contributed by atoms with E-state index in [-0.39, 0.29) is 33.9 Å². The van der Waals surface area contributed by atoms with E-state index in [0.29, 0.717) is 6.07 Å². The minimum atomic E-state index is -4.82. The number of hydrogen-bond acceptors (Lipinski definition) is 10. The van der Waals surface area contributed by atoms with Gasteiger partial charge in [-0.3, -0.25) is 33.5 Å². The van der Waals surface area contributed by atoms with E-state index >= 15 is 0 Å². The molecule has 0 saturated heterocycles. The molecule has 40 heavy (non-hydrogen) atoms. The Morgan fingerprint density at radius 3 is 1.73 bits per heavy atom. The summed E-state index contributed by atoms with van der Waals surface area (Å²) in [6.07, 6.45) is 0. The minimum absolute atomic E-state index is 0. The van der Waals surface area contributed by atoms with E-state index in [1.54, 1.807) is 0 Å². The fraction of sp³-hybridized carbons (Fsp3) is 0.304. The molecule has 2 rings (SSSR count). The average molecular weight is 627 g/mol. The first-order valence-corrected chi connectivity index (χ1v) is 12.3. The fourth-order valence-corrected chi connectivity index (χ4v) is 4.43. The van der Waals surface area contributed by atoms with Gasteiger partial charge in [0.2, 0.25) is 0 Å². The first-order chi connectivity index (χ1) is 17.6. The van der Waals surface area contributed by atoms with Crippen LogP contribution in [0.2, 0.25) is 0 Å². The van der Waals surface area contributed by atoms with E-state index in [9.17, 15) is 57.7 Å². The number of carboxylic acid groups (broad SMARTS) is 3. The predicted octanol–water partition coefficient (Wildman–Crippen LogP) is -0.253. The van der Waals surface area contributed by atoms with Crippen molar-refractivity contribution < 1.29 is 80.2 Å². The SMILES string of the molecule is CC(=O)CN(CCN(CC(=O)O)C(C(=O)O)c1cc(S(=O)(=O)O)ccc1O)[C@H](C(=O)O)c1ccccc1O.O.[Mn+2]. The van der Waals surface area contributed by atoms with E-state index in [1.807, 2.05) is 0 Å². The molecule has 0 aliphatic heterocycles. The number of para-hydroxylation sites is 1. The Bertz CT molecular complexity index is 1340. The standard InChI is InChI=1S/C23H26N2O12S.Mn.H2O/c1-13(26)11-24(20(22(31)32)15-4-2-3-5-17(15)27)8-9-25(12-19(29)30)21(23(33)34)16-10-14(38(35,36)37)6-7-18(16)28;;/h2-7,10,20-21,27-28H,8-9,11-12H2,1H3,(H,29,30)(H,31,32)(H,33,34)(H,35,36,37);;1H2/q;+2;/t20-,21?;;/m0../s1. The Labute approximate surface area is 238 Å². The second kappa shape index (κ2) is 15.3. The van der Waals surface area contributed by atoms with Crippen LogP contribution in [0.4, 0.5) is 0 Å².